The van der Waals surface area contributed by atoms with E-state index in [0.29, 0.717) is 18.0 Å². The predicted octanol–water partition coefficient (Wildman–Crippen LogP) is 0.213. The third kappa shape index (κ3) is 7.35. The Hall–Kier alpha value is -1.16. The lowest BCUT2D eigenvalue weighted by atomic mass is 10.2. The zero-order valence-electron chi connectivity index (χ0n) is 16.9. The first-order chi connectivity index (χ1) is 12.9. The van der Waals surface area contributed by atoms with Gasteiger partial charge in [-0.15, -0.1) is 0 Å². The van der Waals surface area contributed by atoms with Gasteiger partial charge in [-0.05, 0) is 50.6 Å². The van der Waals surface area contributed by atoms with Gasteiger partial charge in [-0.25, -0.2) is 13.1 Å². The summed E-state index contributed by atoms with van der Waals surface area (Å²) in [6, 6.07) is 16.5. The second kappa shape index (κ2) is 11.7. The third-order valence-corrected chi connectivity index (χ3v) is 6.57. The summed E-state index contributed by atoms with van der Waals surface area (Å²) in [7, 11) is -3.46. The number of sulfonamides is 1. The summed E-state index contributed by atoms with van der Waals surface area (Å²) in [4.78, 5) is 0.305. The van der Waals surface area contributed by atoms with Crippen LogP contribution in [0.15, 0.2) is 59.5 Å². The smallest absolute Gasteiger partial charge is 0.240 e. The summed E-state index contributed by atoms with van der Waals surface area (Å²) in [5.41, 5.74) is 1.18. The summed E-state index contributed by atoms with van der Waals surface area (Å²) in [6.07, 6.45) is 0. The van der Waals surface area contributed by atoms with E-state index in [1.54, 1.807) is 24.3 Å². The van der Waals surface area contributed by atoms with E-state index in [1.165, 1.54) is 5.56 Å². The van der Waals surface area contributed by atoms with Crippen molar-refractivity contribution in [1.29, 1.82) is 0 Å². The maximum Gasteiger partial charge on any atom is 0.240 e. The topological polar surface area (TPSA) is 55.4 Å². The van der Waals surface area contributed by atoms with Crippen LogP contribution >= 0.6 is 0 Å². The molecule has 5 nitrogen and oxygen atoms in total. The molecule has 0 saturated carbocycles. The Bertz CT molecular complexity index is 809. The van der Waals surface area contributed by atoms with Crippen LogP contribution in [0.2, 0.25) is 0 Å². The highest BCUT2D eigenvalue weighted by atomic mass is 127. The number of hydrogen-bond acceptors (Lipinski definition) is 3. The van der Waals surface area contributed by atoms with Crippen molar-refractivity contribution in [1.82, 2.24) is 4.72 Å². The van der Waals surface area contributed by atoms with Gasteiger partial charge in [-0.1, -0.05) is 30.3 Å². The second-order valence-electron chi connectivity index (χ2n) is 6.80. The molecule has 7 heteroatoms. The molecule has 2 aromatic carbocycles. The molecule has 0 fully saturated rings. The van der Waals surface area contributed by atoms with Crippen molar-refractivity contribution in [3.8, 4) is 5.75 Å². The standard InChI is InChI=1S/C21H31N2O3S.HI/c1-4-23(5-2,16-17-26-20-11-9-10-19(3)18-20)15-14-22-27(24,25)21-12-7-6-8-13-21;/h6-13,18,22H,4-5,14-17H2,1-3H3;1H/q+1;/p-1. The number of halogens is 1. The fourth-order valence-electron chi connectivity index (χ4n) is 3.13. The zero-order valence-corrected chi connectivity index (χ0v) is 19.9. The first-order valence-electron chi connectivity index (χ1n) is 9.50. The van der Waals surface area contributed by atoms with Gasteiger partial charge in [-0.3, -0.25) is 0 Å². The molecule has 2 rings (SSSR count). The number of aryl methyl sites for hydroxylation is 1. The van der Waals surface area contributed by atoms with Crippen molar-refractivity contribution in [2.75, 3.05) is 39.3 Å². The van der Waals surface area contributed by atoms with E-state index in [0.717, 1.165) is 36.4 Å². The molecule has 0 spiro atoms. The largest absolute Gasteiger partial charge is 1.00 e. The molecular formula is C21H31IN2O3S. The van der Waals surface area contributed by atoms with Gasteiger partial charge in [-0.2, -0.15) is 0 Å². The lowest BCUT2D eigenvalue weighted by Gasteiger charge is -2.36. The summed E-state index contributed by atoms with van der Waals surface area (Å²) >= 11 is 0. The van der Waals surface area contributed by atoms with Crippen LogP contribution in [0, 0.1) is 6.92 Å². The van der Waals surface area contributed by atoms with Gasteiger partial charge < -0.3 is 33.2 Å². The van der Waals surface area contributed by atoms with Crippen LogP contribution in [0.3, 0.4) is 0 Å². The van der Waals surface area contributed by atoms with Gasteiger partial charge in [0.1, 0.15) is 18.9 Å². The lowest BCUT2D eigenvalue weighted by molar-refractivity contribution is -0.923. The maximum absolute atomic E-state index is 12.4. The molecule has 0 amide bonds. The highest BCUT2D eigenvalue weighted by molar-refractivity contribution is 7.89. The molecule has 1 N–H and O–H groups in total. The summed E-state index contributed by atoms with van der Waals surface area (Å²) < 4.78 is 34.2. The van der Waals surface area contributed by atoms with Crippen LogP contribution < -0.4 is 33.4 Å². The van der Waals surface area contributed by atoms with Crippen LogP contribution in [0.4, 0.5) is 0 Å². The minimum atomic E-state index is -3.46. The predicted molar refractivity (Wildman–Crippen MR) is 109 cm³/mol. The van der Waals surface area contributed by atoms with E-state index in [1.807, 2.05) is 37.3 Å². The van der Waals surface area contributed by atoms with Gasteiger partial charge in [0, 0.05) is 0 Å². The molecule has 2 aromatic rings. The molecular weight excluding hydrogens is 487 g/mol. The van der Waals surface area contributed by atoms with E-state index in [2.05, 4.69) is 18.6 Å². The van der Waals surface area contributed by atoms with Crippen molar-refractivity contribution in [2.45, 2.75) is 25.7 Å². The molecule has 0 bridgehead atoms. The quantitative estimate of drug-likeness (QED) is 0.342. The van der Waals surface area contributed by atoms with Gasteiger partial charge in [0.25, 0.3) is 0 Å². The number of benzene rings is 2. The third-order valence-electron chi connectivity index (χ3n) is 5.10. The second-order valence-corrected chi connectivity index (χ2v) is 8.56. The highest BCUT2D eigenvalue weighted by Crippen LogP contribution is 2.14. The maximum atomic E-state index is 12.4. The summed E-state index contributed by atoms with van der Waals surface area (Å²) in [5, 5.41) is 0. The van der Waals surface area contributed by atoms with Gasteiger partial charge in [0.2, 0.25) is 10.0 Å². The molecule has 28 heavy (non-hydrogen) atoms. The number of hydrogen-bond donors (Lipinski definition) is 1. The molecule has 0 aromatic heterocycles. The molecule has 0 saturated heterocycles. The first-order valence-corrected chi connectivity index (χ1v) is 11.0. The van der Waals surface area contributed by atoms with E-state index < -0.39 is 10.0 Å². The van der Waals surface area contributed by atoms with Crippen LogP contribution in [-0.2, 0) is 10.0 Å². The summed E-state index contributed by atoms with van der Waals surface area (Å²) in [6.45, 7) is 10.8. The van der Waals surface area contributed by atoms with Crippen molar-refractivity contribution in [3.05, 3.63) is 60.2 Å². The lowest BCUT2D eigenvalue weighted by Crippen LogP contribution is -3.00. The number of quaternary nitrogens is 1. The summed E-state index contributed by atoms with van der Waals surface area (Å²) in [5.74, 6) is 0.880. The Morgan fingerprint density at radius 1 is 0.964 bits per heavy atom. The minimum Gasteiger partial charge on any atom is -1.00 e. The number of likely N-dealkylation sites (N-methyl/N-ethyl adjacent to an activating group) is 1. The van der Waals surface area contributed by atoms with Crippen LogP contribution in [0.1, 0.15) is 19.4 Å². The van der Waals surface area contributed by atoms with Crippen LogP contribution in [-0.4, -0.2) is 52.2 Å². The van der Waals surface area contributed by atoms with Gasteiger partial charge >= 0.3 is 0 Å². The fraction of sp³-hybridized carbons (Fsp3) is 0.429. The Morgan fingerprint density at radius 2 is 1.64 bits per heavy atom. The van der Waals surface area contributed by atoms with Crippen LogP contribution in [0.25, 0.3) is 0 Å². The Morgan fingerprint density at radius 3 is 2.25 bits per heavy atom. The molecule has 0 atom stereocenters. The van der Waals surface area contributed by atoms with Crippen LogP contribution in [0.5, 0.6) is 5.75 Å². The molecule has 0 aliphatic carbocycles. The molecule has 0 aliphatic rings. The molecule has 0 heterocycles. The van der Waals surface area contributed by atoms with E-state index in [9.17, 15) is 8.42 Å². The monoisotopic (exact) mass is 518 g/mol. The Labute approximate surface area is 186 Å². The number of nitrogens with one attached hydrogen (secondary N) is 1. The van der Waals surface area contributed by atoms with Crippen molar-refractivity contribution >= 4 is 10.0 Å². The number of rotatable bonds is 11. The average Bonchev–Trinajstić information content (AvgIpc) is 2.67. The van der Waals surface area contributed by atoms with Gasteiger partial charge in [0.15, 0.2) is 0 Å². The number of nitrogens with zero attached hydrogens (tertiary/aromatic N) is 1. The normalized spacial score (nSPS) is 11.7. The van der Waals surface area contributed by atoms with Gasteiger partial charge in [0.05, 0.1) is 31.1 Å². The van der Waals surface area contributed by atoms with E-state index in [4.69, 9.17) is 4.74 Å². The fourth-order valence-corrected chi connectivity index (χ4v) is 4.17. The van der Waals surface area contributed by atoms with E-state index >= 15 is 0 Å². The van der Waals surface area contributed by atoms with Crippen molar-refractivity contribution in [3.63, 3.8) is 0 Å². The molecule has 0 unspecified atom stereocenters. The average molecular weight is 518 g/mol. The first kappa shape index (κ1) is 24.9. The Kier molecular flexibility index (Phi) is 10.4. The van der Waals surface area contributed by atoms with E-state index in [-0.39, 0.29) is 24.0 Å². The number of ether oxygens (including phenoxy) is 1. The molecule has 0 radical (unpaired) electrons. The Balaban J connectivity index is 0.00000392. The van der Waals surface area contributed by atoms with Crippen molar-refractivity contribution in [2.24, 2.45) is 0 Å². The minimum absolute atomic E-state index is 0. The van der Waals surface area contributed by atoms with Crippen molar-refractivity contribution < 1.29 is 41.6 Å². The highest BCUT2D eigenvalue weighted by Gasteiger charge is 2.24. The zero-order chi connectivity index (χ0) is 19.8. The SMILES string of the molecule is CC[N+](CC)(CCNS(=O)(=O)c1ccccc1)CCOc1cccc(C)c1.[I-]. The molecule has 0 aliphatic heterocycles. The molecule has 156 valence electrons.